The number of carbonyl (C=O) groups is 1. The maximum atomic E-state index is 12.5. The predicted molar refractivity (Wildman–Crippen MR) is 141 cm³/mol. The number of nitrogens with zero attached hydrogens (tertiary/aromatic N) is 2. The molecule has 3 aromatic rings. The van der Waals surface area contributed by atoms with Gasteiger partial charge in [-0.25, -0.2) is 4.79 Å². The van der Waals surface area contributed by atoms with Crippen LogP contribution in [0.25, 0.3) is 0 Å². The number of nitriles is 1. The van der Waals surface area contributed by atoms with E-state index in [-0.39, 0.29) is 5.97 Å². The van der Waals surface area contributed by atoms with Crippen molar-refractivity contribution in [2.75, 3.05) is 0 Å². The van der Waals surface area contributed by atoms with Crippen molar-refractivity contribution in [1.29, 1.82) is 5.26 Å². The Morgan fingerprint density at radius 2 is 1.40 bits per heavy atom. The van der Waals surface area contributed by atoms with Gasteiger partial charge in [0.1, 0.15) is 5.75 Å². The third-order valence-corrected chi connectivity index (χ3v) is 6.27. The van der Waals surface area contributed by atoms with Gasteiger partial charge in [0.05, 0.1) is 23.4 Å². The summed E-state index contributed by atoms with van der Waals surface area (Å²) in [5.41, 5.74) is 4.57. The summed E-state index contributed by atoms with van der Waals surface area (Å²) in [6, 6.07) is 21.2. The Bertz CT molecular complexity index is 1060. The van der Waals surface area contributed by atoms with E-state index in [1.165, 1.54) is 56.9 Å². The van der Waals surface area contributed by atoms with Gasteiger partial charge in [0.15, 0.2) is 0 Å². The van der Waals surface area contributed by atoms with Crippen LogP contribution in [-0.4, -0.2) is 11.0 Å². The van der Waals surface area contributed by atoms with E-state index in [4.69, 9.17) is 10.00 Å². The average Bonchev–Trinajstić information content (AvgIpc) is 2.90. The highest BCUT2D eigenvalue weighted by Crippen LogP contribution is 2.16. The standard InChI is InChI=1S/C31H36N2O2/c1-2-3-4-5-6-7-8-9-10-25-15-18-28(19-16-25)31(34)35-30-22-21-29(33-24-30)20-17-26-11-13-27(23-32)14-12-26/h11-16,18-19,21-22,24H,2-10,17,20H2,1H3. The molecule has 0 radical (unpaired) electrons. The highest BCUT2D eigenvalue weighted by molar-refractivity contribution is 5.91. The number of benzene rings is 2. The number of ether oxygens (including phenoxy) is 1. The van der Waals surface area contributed by atoms with Crippen LogP contribution >= 0.6 is 0 Å². The van der Waals surface area contributed by atoms with Crippen LogP contribution in [0.2, 0.25) is 0 Å². The molecular formula is C31H36N2O2. The van der Waals surface area contributed by atoms with Crippen molar-refractivity contribution in [2.45, 2.75) is 77.6 Å². The van der Waals surface area contributed by atoms with Crippen molar-refractivity contribution in [3.63, 3.8) is 0 Å². The molecule has 0 amide bonds. The summed E-state index contributed by atoms with van der Waals surface area (Å²) in [6.07, 6.45) is 14.8. The summed E-state index contributed by atoms with van der Waals surface area (Å²) in [4.78, 5) is 16.9. The van der Waals surface area contributed by atoms with Crippen molar-refractivity contribution < 1.29 is 9.53 Å². The lowest BCUT2D eigenvalue weighted by molar-refractivity contribution is 0.0734. The van der Waals surface area contributed by atoms with Gasteiger partial charge >= 0.3 is 5.97 Å². The molecule has 3 rings (SSSR count). The molecule has 0 saturated carbocycles. The Morgan fingerprint density at radius 3 is 2.03 bits per heavy atom. The molecule has 0 fully saturated rings. The van der Waals surface area contributed by atoms with Crippen molar-refractivity contribution in [3.8, 4) is 11.8 Å². The van der Waals surface area contributed by atoms with Gasteiger partial charge in [-0.2, -0.15) is 5.26 Å². The van der Waals surface area contributed by atoms with Gasteiger partial charge in [0.25, 0.3) is 0 Å². The fraction of sp³-hybridized carbons (Fsp3) is 0.387. The largest absolute Gasteiger partial charge is 0.421 e. The van der Waals surface area contributed by atoms with Crippen molar-refractivity contribution in [1.82, 2.24) is 4.98 Å². The molecule has 0 N–H and O–H groups in total. The van der Waals surface area contributed by atoms with Crippen LogP contribution in [0.15, 0.2) is 66.9 Å². The van der Waals surface area contributed by atoms with Crippen molar-refractivity contribution >= 4 is 5.97 Å². The minimum absolute atomic E-state index is 0.365. The highest BCUT2D eigenvalue weighted by atomic mass is 16.5. The van der Waals surface area contributed by atoms with Gasteiger partial charge in [0, 0.05) is 5.69 Å². The number of aromatic nitrogens is 1. The van der Waals surface area contributed by atoms with E-state index in [0.717, 1.165) is 30.5 Å². The van der Waals surface area contributed by atoms with E-state index in [9.17, 15) is 4.79 Å². The fourth-order valence-electron chi connectivity index (χ4n) is 4.07. The fourth-order valence-corrected chi connectivity index (χ4v) is 4.07. The second kappa shape index (κ2) is 14.7. The maximum absolute atomic E-state index is 12.5. The first-order valence-electron chi connectivity index (χ1n) is 12.9. The quantitative estimate of drug-likeness (QED) is 0.180. The summed E-state index contributed by atoms with van der Waals surface area (Å²) in [5.74, 6) is 0.0795. The number of pyridine rings is 1. The zero-order chi connectivity index (χ0) is 24.7. The van der Waals surface area contributed by atoms with Crippen LogP contribution < -0.4 is 4.74 Å². The van der Waals surface area contributed by atoms with E-state index >= 15 is 0 Å². The smallest absolute Gasteiger partial charge is 0.343 e. The van der Waals surface area contributed by atoms with Gasteiger partial charge in [-0.1, -0.05) is 76.1 Å². The molecule has 182 valence electrons. The molecule has 0 aliphatic rings. The lowest BCUT2D eigenvalue weighted by Crippen LogP contribution is -2.09. The van der Waals surface area contributed by atoms with E-state index in [0.29, 0.717) is 16.9 Å². The summed E-state index contributed by atoms with van der Waals surface area (Å²) >= 11 is 0. The number of esters is 1. The summed E-state index contributed by atoms with van der Waals surface area (Å²) in [6.45, 7) is 2.25. The monoisotopic (exact) mass is 468 g/mol. The second-order valence-electron chi connectivity index (χ2n) is 9.11. The molecule has 4 nitrogen and oxygen atoms in total. The summed E-state index contributed by atoms with van der Waals surface area (Å²) in [7, 11) is 0. The minimum Gasteiger partial charge on any atom is -0.421 e. The topological polar surface area (TPSA) is 63.0 Å². The Hall–Kier alpha value is -3.45. The SMILES string of the molecule is CCCCCCCCCCc1ccc(C(=O)Oc2ccc(CCc3ccc(C#N)cc3)nc2)cc1. The van der Waals surface area contributed by atoms with E-state index in [2.05, 4.69) is 18.0 Å². The number of aryl methyl sites for hydroxylation is 3. The zero-order valence-electron chi connectivity index (χ0n) is 20.8. The first kappa shape index (κ1) is 26.2. The Kier molecular flexibility index (Phi) is 11.0. The number of carbonyl (C=O) groups excluding carboxylic acids is 1. The van der Waals surface area contributed by atoms with Crippen LogP contribution in [0.1, 0.15) is 91.0 Å². The first-order valence-corrected chi connectivity index (χ1v) is 12.9. The molecule has 1 aromatic heterocycles. The lowest BCUT2D eigenvalue weighted by atomic mass is 10.0. The summed E-state index contributed by atoms with van der Waals surface area (Å²) < 4.78 is 5.50. The molecule has 0 atom stereocenters. The number of hydrogen-bond acceptors (Lipinski definition) is 4. The van der Waals surface area contributed by atoms with Crippen LogP contribution in [0, 0.1) is 11.3 Å². The van der Waals surface area contributed by atoms with E-state index in [1.807, 2.05) is 54.6 Å². The van der Waals surface area contributed by atoms with Gasteiger partial charge in [-0.15, -0.1) is 0 Å². The minimum atomic E-state index is -0.365. The highest BCUT2D eigenvalue weighted by Gasteiger charge is 2.09. The predicted octanol–water partition coefficient (Wildman–Crippen LogP) is 7.64. The van der Waals surface area contributed by atoms with E-state index < -0.39 is 0 Å². The average molecular weight is 469 g/mol. The van der Waals surface area contributed by atoms with E-state index in [1.54, 1.807) is 12.3 Å². The molecule has 2 aromatic carbocycles. The molecule has 0 unspecified atom stereocenters. The normalized spacial score (nSPS) is 10.6. The first-order chi connectivity index (χ1) is 17.2. The number of hydrogen-bond donors (Lipinski definition) is 0. The molecule has 0 aliphatic heterocycles. The number of unbranched alkanes of at least 4 members (excludes halogenated alkanes) is 7. The van der Waals surface area contributed by atoms with Crippen LogP contribution in [-0.2, 0) is 19.3 Å². The number of rotatable bonds is 14. The van der Waals surface area contributed by atoms with Gasteiger partial charge < -0.3 is 4.74 Å². The van der Waals surface area contributed by atoms with Gasteiger partial charge in [-0.3, -0.25) is 4.98 Å². The van der Waals surface area contributed by atoms with Crippen molar-refractivity contribution in [3.05, 3.63) is 94.8 Å². The third kappa shape index (κ3) is 9.37. The molecule has 0 spiro atoms. The second-order valence-corrected chi connectivity index (χ2v) is 9.11. The van der Waals surface area contributed by atoms with Crippen LogP contribution in [0.4, 0.5) is 0 Å². The van der Waals surface area contributed by atoms with Crippen molar-refractivity contribution in [2.24, 2.45) is 0 Å². The molecule has 4 heteroatoms. The molecule has 0 bridgehead atoms. The zero-order valence-corrected chi connectivity index (χ0v) is 20.8. The maximum Gasteiger partial charge on any atom is 0.343 e. The summed E-state index contributed by atoms with van der Waals surface area (Å²) in [5, 5.41) is 8.89. The Balaban J connectivity index is 1.38. The van der Waals surface area contributed by atoms with Gasteiger partial charge in [-0.05, 0) is 73.2 Å². The molecule has 0 saturated heterocycles. The van der Waals surface area contributed by atoms with Gasteiger partial charge in [0.2, 0.25) is 0 Å². The third-order valence-electron chi connectivity index (χ3n) is 6.27. The molecule has 1 heterocycles. The Labute approximate surface area is 210 Å². The van der Waals surface area contributed by atoms with Crippen LogP contribution in [0.5, 0.6) is 5.75 Å². The molecule has 0 aliphatic carbocycles. The molecule has 35 heavy (non-hydrogen) atoms. The Morgan fingerprint density at radius 1 is 0.771 bits per heavy atom. The lowest BCUT2D eigenvalue weighted by Gasteiger charge is -2.07. The molecular weight excluding hydrogens is 432 g/mol. The van der Waals surface area contributed by atoms with Crippen LogP contribution in [0.3, 0.4) is 0 Å².